The molecule has 1 aromatic rings. The maximum absolute atomic E-state index is 12.4. The van der Waals surface area contributed by atoms with Crippen LogP contribution in [0.25, 0.3) is 0 Å². The smallest absolute Gasteiger partial charge is 0.326 e. The van der Waals surface area contributed by atoms with Gasteiger partial charge in [0.15, 0.2) is 0 Å². The zero-order valence-electron chi connectivity index (χ0n) is 11.7. The van der Waals surface area contributed by atoms with Crippen LogP contribution in [0.2, 0.25) is 0 Å². The van der Waals surface area contributed by atoms with E-state index in [0.717, 1.165) is 18.9 Å². The van der Waals surface area contributed by atoms with Crippen LogP contribution in [-0.2, 0) is 0 Å². The van der Waals surface area contributed by atoms with Crippen molar-refractivity contribution in [2.75, 3.05) is 19.7 Å². The number of aliphatic hydroxyl groups is 1. The van der Waals surface area contributed by atoms with E-state index in [4.69, 9.17) is 0 Å². The number of nitrogens with zero attached hydrogens (tertiary/aromatic N) is 1. The number of piperidine rings is 1. The molecule has 7 heteroatoms. The van der Waals surface area contributed by atoms with Gasteiger partial charge in [-0.15, -0.1) is 6.58 Å². The van der Waals surface area contributed by atoms with Gasteiger partial charge in [0.2, 0.25) is 0 Å². The van der Waals surface area contributed by atoms with E-state index < -0.39 is 22.6 Å². The molecule has 7 nitrogen and oxygen atoms in total. The molecule has 0 radical (unpaired) electrons. The number of rotatable bonds is 4. The van der Waals surface area contributed by atoms with Gasteiger partial charge in [-0.05, 0) is 19.3 Å². The van der Waals surface area contributed by atoms with E-state index in [1.54, 1.807) is 11.0 Å². The summed E-state index contributed by atoms with van der Waals surface area (Å²) in [5.41, 5.74) is -1.74. The van der Waals surface area contributed by atoms with Gasteiger partial charge < -0.3 is 15.0 Å². The Hall–Kier alpha value is -2.15. The van der Waals surface area contributed by atoms with Crippen molar-refractivity contribution in [1.82, 2.24) is 14.9 Å². The van der Waals surface area contributed by atoms with Gasteiger partial charge in [-0.1, -0.05) is 6.08 Å². The van der Waals surface area contributed by atoms with Crippen LogP contribution in [0.3, 0.4) is 0 Å². The number of amides is 1. The molecule has 1 aromatic heterocycles. The van der Waals surface area contributed by atoms with Gasteiger partial charge in [-0.25, -0.2) is 4.79 Å². The van der Waals surface area contributed by atoms with Crippen LogP contribution < -0.4 is 11.2 Å². The number of carbonyl (C=O) groups is 1. The number of aromatic nitrogens is 2. The highest BCUT2D eigenvalue weighted by molar-refractivity contribution is 5.92. The molecular weight excluding hydrogens is 274 g/mol. The molecule has 1 fully saturated rings. The Balaban J connectivity index is 2.24. The zero-order valence-corrected chi connectivity index (χ0v) is 11.7. The van der Waals surface area contributed by atoms with Crippen molar-refractivity contribution in [3.63, 3.8) is 0 Å². The zero-order chi connectivity index (χ0) is 15.5. The first kappa shape index (κ1) is 15.2. The summed E-state index contributed by atoms with van der Waals surface area (Å²) in [5, 5.41) is 9.63. The second-order valence-corrected chi connectivity index (χ2v) is 5.48. The lowest BCUT2D eigenvalue weighted by Crippen LogP contribution is -2.48. The van der Waals surface area contributed by atoms with E-state index >= 15 is 0 Å². The Morgan fingerprint density at radius 3 is 2.86 bits per heavy atom. The number of hydrogen-bond acceptors (Lipinski definition) is 4. The van der Waals surface area contributed by atoms with Gasteiger partial charge in [-0.3, -0.25) is 14.6 Å². The molecule has 21 heavy (non-hydrogen) atoms. The van der Waals surface area contributed by atoms with Crippen molar-refractivity contribution in [2.24, 2.45) is 5.41 Å². The number of aromatic amines is 2. The molecule has 0 bridgehead atoms. The molecule has 0 aromatic carbocycles. The molecule has 1 aliphatic heterocycles. The van der Waals surface area contributed by atoms with Gasteiger partial charge in [0.25, 0.3) is 11.5 Å². The van der Waals surface area contributed by atoms with E-state index in [9.17, 15) is 19.5 Å². The van der Waals surface area contributed by atoms with Gasteiger partial charge in [0, 0.05) is 24.6 Å². The average Bonchev–Trinajstić information content (AvgIpc) is 2.46. The molecule has 2 heterocycles. The Morgan fingerprint density at radius 2 is 2.24 bits per heavy atom. The van der Waals surface area contributed by atoms with Gasteiger partial charge in [0.05, 0.1) is 6.61 Å². The molecule has 1 unspecified atom stereocenters. The lowest BCUT2D eigenvalue weighted by molar-refractivity contribution is 0.0281. The predicted octanol–water partition coefficient (Wildman–Crippen LogP) is -0.146. The third kappa shape index (κ3) is 3.30. The Labute approximate surface area is 121 Å². The third-order valence-corrected chi connectivity index (χ3v) is 3.85. The number of carbonyl (C=O) groups excluding carboxylic acids is 1. The molecular formula is C14H19N3O4. The second kappa shape index (κ2) is 6.09. The van der Waals surface area contributed by atoms with Crippen molar-refractivity contribution < 1.29 is 9.90 Å². The van der Waals surface area contributed by atoms with Crippen LogP contribution >= 0.6 is 0 Å². The largest absolute Gasteiger partial charge is 0.396 e. The molecule has 3 N–H and O–H groups in total. The lowest BCUT2D eigenvalue weighted by atomic mass is 9.78. The molecule has 2 rings (SSSR count). The van der Waals surface area contributed by atoms with Crippen LogP contribution in [0.1, 0.15) is 29.8 Å². The summed E-state index contributed by atoms with van der Waals surface area (Å²) in [5.74, 6) is -0.403. The number of aliphatic hydroxyl groups excluding tert-OH is 1. The molecule has 0 saturated carbocycles. The standard InChI is InChI=1S/C14H19N3O4/c1-2-4-14(9-18)5-3-6-17(8-14)12(20)10-7-11(19)16-13(21)15-10/h2,7,18H,1,3-6,8-9H2,(H2,15,16,19,21). The van der Waals surface area contributed by atoms with Gasteiger partial charge >= 0.3 is 5.69 Å². The first-order valence-corrected chi connectivity index (χ1v) is 6.84. The minimum Gasteiger partial charge on any atom is -0.396 e. The summed E-state index contributed by atoms with van der Waals surface area (Å²) in [7, 11) is 0. The Bertz CT molecular complexity index is 620. The van der Waals surface area contributed by atoms with E-state index in [2.05, 4.69) is 11.6 Å². The van der Waals surface area contributed by atoms with Crippen LogP contribution in [-0.4, -0.2) is 45.6 Å². The number of hydrogen-bond donors (Lipinski definition) is 3. The molecule has 1 atom stereocenters. The second-order valence-electron chi connectivity index (χ2n) is 5.48. The van der Waals surface area contributed by atoms with Gasteiger partial charge in [-0.2, -0.15) is 0 Å². The first-order valence-electron chi connectivity index (χ1n) is 6.84. The van der Waals surface area contributed by atoms with Gasteiger partial charge in [0.1, 0.15) is 5.69 Å². The highest BCUT2D eigenvalue weighted by Crippen LogP contribution is 2.33. The highest BCUT2D eigenvalue weighted by atomic mass is 16.3. The van der Waals surface area contributed by atoms with Crippen molar-refractivity contribution in [2.45, 2.75) is 19.3 Å². The predicted molar refractivity (Wildman–Crippen MR) is 77.2 cm³/mol. The Morgan fingerprint density at radius 1 is 1.48 bits per heavy atom. The molecule has 0 aliphatic carbocycles. The van der Waals surface area contributed by atoms with E-state index in [1.807, 2.05) is 4.98 Å². The maximum atomic E-state index is 12.4. The SMILES string of the molecule is C=CCC1(CO)CCCN(C(=O)c2cc(=O)[nH]c(=O)[nH]2)C1. The topological polar surface area (TPSA) is 106 Å². The molecule has 1 aliphatic rings. The minimum atomic E-state index is -0.706. The van der Waals surface area contributed by atoms with Crippen molar-refractivity contribution in [3.8, 4) is 0 Å². The highest BCUT2D eigenvalue weighted by Gasteiger charge is 2.36. The number of H-pyrrole nitrogens is 2. The third-order valence-electron chi connectivity index (χ3n) is 3.85. The van der Waals surface area contributed by atoms with Crippen molar-refractivity contribution >= 4 is 5.91 Å². The van der Waals surface area contributed by atoms with Crippen molar-refractivity contribution in [3.05, 3.63) is 45.3 Å². The fraction of sp³-hybridized carbons (Fsp3) is 0.500. The normalized spacial score (nSPS) is 22.0. The van der Waals surface area contributed by atoms with Crippen LogP contribution in [0.4, 0.5) is 0 Å². The van der Waals surface area contributed by atoms with Crippen LogP contribution in [0.5, 0.6) is 0 Å². The average molecular weight is 293 g/mol. The quantitative estimate of drug-likeness (QED) is 0.671. The lowest BCUT2D eigenvalue weighted by Gasteiger charge is -2.41. The Kier molecular flexibility index (Phi) is 4.42. The summed E-state index contributed by atoms with van der Waals surface area (Å²) in [6.07, 6.45) is 3.91. The van der Waals surface area contributed by atoms with E-state index in [1.165, 1.54) is 0 Å². The van der Waals surface area contributed by atoms with Crippen molar-refractivity contribution in [1.29, 1.82) is 0 Å². The number of nitrogens with one attached hydrogen (secondary N) is 2. The maximum Gasteiger partial charge on any atom is 0.326 e. The van der Waals surface area contributed by atoms with E-state index in [0.29, 0.717) is 19.5 Å². The minimum absolute atomic E-state index is 0.0314. The molecule has 114 valence electrons. The molecule has 1 amide bonds. The fourth-order valence-corrected chi connectivity index (χ4v) is 2.80. The van der Waals surface area contributed by atoms with Crippen LogP contribution in [0.15, 0.2) is 28.3 Å². The number of allylic oxidation sites excluding steroid dienone is 1. The van der Waals surface area contributed by atoms with Crippen LogP contribution in [0, 0.1) is 5.41 Å². The van der Waals surface area contributed by atoms with E-state index in [-0.39, 0.29) is 12.3 Å². The number of likely N-dealkylation sites (tertiary alicyclic amines) is 1. The summed E-state index contributed by atoms with van der Waals surface area (Å²) in [6.45, 7) is 4.57. The summed E-state index contributed by atoms with van der Waals surface area (Å²) >= 11 is 0. The first-order chi connectivity index (χ1) is 9.99. The monoisotopic (exact) mass is 293 g/mol. The molecule has 0 spiro atoms. The summed E-state index contributed by atoms with van der Waals surface area (Å²) < 4.78 is 0. The fourth-order valence-electron chi connectivity index (χ4n) is 2.80. The molecule has 1 saturated heterocycles. The summed E-state index contributed by atoms with van der Waals surface area (Å²) in [4.78, 5) is 40.9. The summed E-state index contributed by atoms with van der Waals surface area (Å²) in [6, 6.07) is 1.08.